The Morgan fingerprint density at radius 1 is 1.11 bits per heavy atom. The quantitative estimate of drug-likeness (QED) is 0.876. The van der Waals surface area contributed by atoms with Crippen molar-refractivity contribution in [3.05, 3.63) is 41.1 Å². The van der Waals surface area contributed by atoms with Crippen LogP contribution in [-0.2, 0) is 0 Å². The molecule has 0 aliphatic carbocycles. The maximum Gasteiger partial charge on any atom is 0.146 e. The fourth-order valence-corrected chi connectivity index (χ4v) is 1.83. The van der Waals surface area contributed by atoms with Crippen LogP contribution < -0.4 is 15.2 Å². The number of ether oxygens (including phenoxy) is 2. The molecule has 0 spiro atoms. The van der Waals surface area contributed by atoms with Crippen LogP contribution >= 0.6 is 15.9 Å². The highest BCUT2D eigenvalue weighted by atomic mass is 79.9. The molecule has 18 heavy (non-hydrogen) atoms. The molecule has 0 radical (unpaired) electrons. The van der Waals surface area contributed by atoms with Gasteiger partial charge in [0, 0.05) is 34.6 Å². The van der Waals surface area contributed by atoms with Crippen molar-refractivity contribution in [1.29, 1.82) is 0 Å². The number of anilines is 1. The first-order chi connectivity index (χ1) is 8.67. The summed E-state index contributed by atoms with van der Waals surface area (Å²) < 4.78 is 11.9. The Bertz CT molecular complexity index is 546. The average Bonchev–Trinajstić information content (AvgIpc) is 2.28. The van der Waals surface area contributed by atoms with E-state index in [2.05, 4.69) is 20.9 Å². The fraction of sp³-hybridized carbons (Fsp3) is 0.154. The molecule has 0 aliphatic rings. The predicted molar refractivity (Wildman–Crippen MR) is 74.0 cm³/mol. The summed E-state index contributed by atoms with van der Waals surface area (Å²) in [7, 11) is 0. The Kier molecular flexibility index (Phi) is 4.04. The summed E-state index contributed by atoms with van der Waals surface area (Å²) in [5, 5.41) is 0. The van der Waals surface area contributed by atoms with Gasteiger partial charge in [-0.2, -0.15) is 0 Å². The Morgan fingerprint density at radius 2 is 1.89 bits per heavy atom. The molecular formula is C13H13BrN2O2. The molecule has 0 saturated carbocycles. The summed E-state index contributed by atoms with van der Waals surface area (Å²) in [6.45, 7) is 2.50. The third-order valence-electron chi connectivity index (χ3n) is 2.13. The zero-order valence-electron chi connectivity index (χ0n) is 9.89. The summed E-state index contributed by atoms with van der Waals surface area (Å²) >= 11 is 3.34. The number of aromatic nitrogens is 1. The normalized spacial score (nSPS) is 10.1. The third-order valence-corrected chi connectivity index (χ3v) is 2.56. The van der Waals surface area contributed by atoms with Gasteiger partial charge in [0.15, 0.2) is 0 Å². The maximum atomic E-state index is 5.79. The van der Waals surface area contributed by atoms with E-state index in [1.165, 1.54) is 0 Å². The molecule has 94 valence electrons. The standard InChI is InChI=1S/C13H13BrN2O2/c1-2-17-11-4-10(15)5-12(6-11)18-13-3-9(14)7-16-8-13/h3-8H,2,15H2,1H3. The van der Waals surface area contributed by atoms with E-state index in [0.29, 0.717) is 29.5 Å². The molecule has 0 amide bonds. The highest BCUT2D eigenvalue weighted by Crippen LogP contribution is 2.29. The lowest BCUT2D eigenvalue weighted by Gasteiger charge is -2.09. The number of hydrogen-bond acceptors (Lipinski definition) is 4. The van der Waals surface area contributed by atoms with Crippen LogP contribution in [0, 0.1) is 0 Å². The number of nitrogens with zero attached hydrogens (tertiary/aromatic N) is 1. The predicted octanol–water partition coefficient (Wildman–Crippen LogP) is 3.62. The van der Waals surface area contributed by atoms with E-state index in [1.54, 1.807) is 30.6 Å². The molecule has 0 unspecified atom stereocenters. The van der Waals surface area contributed by atoms with Crippen LogP contribution in [0.25, 0.3) is 0 Å². The van der Waals surface area contributed by atoms with Crippen LogP contribution in [0.15, 0.2) is 41.1 Å². The minimum absolute atomic E-state index is 0.585. The number of rotatable bonds is 4. The van der Waals surface area contributed by atoms with Crippen molar-refractivity contribution in [3.8, 4) is 17.2 Å². The van der Waals surface area contributed by atoms with Crippen molar-refractivity contribution in [2.75, 3.05) is 12.3 Å². The van der Waals surface area contributed by atoms with Crippen molar-refractivity contribution < 1.29 is 9.47 Å². The number of benzene rings is 1. The van der Waals surface area contributed by atoms with Gasteiger partial charge in [-0.05, 0) is 28.9 Å². The SMILES string of the molecule is CCOc1cc(N)cc(Oc2cncc(Br)c2)c1. The third kappa shape index (κ3) is 3.37. The molecule has 0 fully saturated rings. The van der Waals surface area contributed by atoms with Gasteiger partial charge >= 0.3 is 0 Å². The Labute approximate surface area is 114 Å². The molecule has 2 rings (SSSR count). The van der Waals surface area contributed by atoms with E-state index in [-0.39, 0.29) is 0 Å². The van der Waals surface area contributed by atoms with Gasteiger partial charge in [0.05, 0.1) is 12.8 Å². The fourth-order valence-electron chi connectivity index (χ4n) is 1.49. The average molecular weight is 309 g/mol. The van der Waals surface area contributed by atoms with E-state index in [9.17, 15) is 0 Å². The molecule has 5 heteroatoms. The second-order valence-corrected chi connectivity index (χ2v) is 4.53. The molecule has 1 heterocycles. The molecule has 2 N–H and O–H groups in total. The molecule has 2 aromatic rings. The van der Waals surface area contributed by atoms with Gasteiger partial charge < -0.3 is 15.2 Å². The number of hydrogen-bond donors (Lipinski definition) is 1. The number of nitrogen functional groups attached to an aromatic ring is 1. The number of halogens is 1. The van der Waals surface area contributed by atoms with Crippen molar-refractivity contribution in [2.45, 2.75) is 6.92 Å². The van der Waals surface area contributed by atoms with Crippen LogP contribution in [-0.4, -0.2) is 11.6 Å². The van der Waals surface area contributed by atoms with Crippen LogP contribution in [0.4, 0.5) is 5.69 Å². The minimum atomic E-state index is 0.585. The highest BCUT2D eigenvalue weighted by Gasteiger charge is 2.03. The minimum Gasteiger partial charge on any atom is -0.494 e. The maximum absolute atomic E-state index is 5.79. The highest BCUT2D eigenvalue weighted by molar-refractivity contribution is 9.10. The topological polar surface area (TPSA) is 57.4 Å². The molecule has 0 bridgehead atoms. The molecule has 4 nitrogen and oxygen atoms in total. The van der Waals surface area contributed by atoms with Gasteiger partial charge in [-0.25, -0.2) is 0 Å². The van der Waals surface area contributed by atoms with Gasteiger partial charge in [-0.15, -0.1) is 0 Å². The Morgan fingerprint density at radius 3 is 2.61 bits per heavy atom. The molecule has 0 aliphatic heterocycles. The molecule has 1 aromatic heterocycles. The lowest BCUT2D eigenvalue weighted by atomic mass is 10.3. The summed E-state index contributed by atoms with van der Waals surface area (Å²) in [4.78, 5) is 4.03. The Hall–Kier alpha value is -1.75. The summed E-state index contributed by atoms with van der Waals surface area (Å²) in [6.07, 6.45) is 3.33. The molecule has 0 atom stereocenters. The second kappa shape index (κ2) is 5.73. The van der Waals surface area contributed by atoms with Crippen molar-refractivity contribution in [3.63, 3.8) is 0 Å². The van der Waals surface area contributed by atoms with Crippen molar-refractivity contribution >= 4 is 21.6 Å². The van der Waals surface area contributed by atoms with Crippen LogP contribution in [0.5, 0.6) is 17.2 Å². The van der Waals surface area contributed by atoms with Gasteiger partial charge in [0.25, 0.3) is 0 Å². The monoisotopic (exact) mass is 308 g/mol. The smallest absolute Gasteiger partial charge is 0.146 e. The van der Waals surface area contributed by atoms with E-state index < -0.39 is 0 Å². The van der Waals surface area contributed by atoms with E-state index in [4.69, 9.17) is 15.2 Å². The number of nitrogens with two attached hydrogens (primary N) is 1. The zero-order chi connectivity index (χ0) is 13.0. The molecule has 0 saturated heterocycles. The van der Waals surface area contributed by atoms with Crippen LogP contribution in [0.2, 0.25) is 0 Å². The molecular weight excluding hydrogens is 296 g/mol. The van der Waals surface area contributed by atoms with Gasteiger partial charge in [0.1, 0.15) is 17.2 Å². The first-order valence-electron chi connectivity index (χ1n) is 5.49. The summed E-state index contributed by atoms with van der Waals surface area (Å²) in [6, 6.07) is 7.12. The molecule has 1 aromatic carbocycles. The summed E-state index contributed by atoms with van der Waals surface area (Å²) in [5.41, 5.74) is 6.38. The second-order valence-electron chi connectivity index (χ2n) is 3.61. The van der Waals surface area contributed by atoms with Gasteiger partial charge in [-0.3, -0.25) is 4.98 Å². The number of pyridine rings is 1. The first kappa shape index (κ1) is 12.7. The van der Waals surface area contributed by atoms with Gasteiger partial charge in [-0.1, -0.05) is 0 Å². The lowest BCUT2D eigenvalue weighted by Crippen LogP contribution is -1.95. The van der Waals surface area contributed by atoms with E-state index >= 15 is 0 Å². The van der Waals surface area contributed by atoms with E-state index in [1.807, 2.05) is 13.0 Å². The summed E-state index contributed by atoms with van der Waals surface area (Å²) in [5.74, 6) is 1.95. The lowest BCUT2D eigenvalue weighted by molar-refractivity contribution is 0.338. The van der Waals surface area contributed by atoms with Crippen LogP contribution in [0.3, 0.4) is 0 Å². The zero-order valence-corrected chi connectivity index (χ0v) is 11.5. The Balaban J connectivity index is 2.23. The van der Waals surface area contributed by atoms with Crippen molar-refractivity contribution in [2.24, 2.45) is 0 Å². The van der Waals surface area contributed by atoms with Crippen molar-refractivity contribution in [1.82, 2.24) is 4.98 Å². The van der Waals surface area contributed by atoms with Crippen LogP contribution in [0.1, 0.15) is 6.92 Å². The van der Waals surface area contributed by atoms with E-state index in [0.717, 1.165) is 4.47 Å². The first-order valence-corrected chi connectivity index (χ1v) is 6.28. The van der Waals surface area contributed by atoms with Gasteiger partial charge in [0.2, 0.25) is 0 Å². The largest absolute Gasteiger partial charge is 0.494 e.